The van der Waals surface area contributed by atoms with Crippen molar-refractivity contribution in [2.24, 2.45) is 0 Å². The number of pyridine rings is 1. The van der Waals surface area contributed by atoms with Gasteiger partial charge in [-0.05, 0) is 41.8 Å². The van der Waals surface area contributed by atoms with Crippen LogP contribution < -0.4 is 5.32 Å². The summed E-state index contributed by atoms with van der Waals surface area (Å²) >= 11 is 0. The van der Waals surface area contributed by atoms with Crippen LogP contribution in [-0.4, -0.2) is 17.4 Å². The van der Waals surface area contributed by atoms with Crippen molar-refractivity contribution in [3.05, 3.63) is 90.1 Å². The third kappa shape index (κ3) is 4.07. The van der Waals surface area contributed by atoms with Crippen LogP contribution in [0.25, 0.3) is 0 Å². The number of rotatable bonds is 6. The van der Waals surface area contributed by atoms with Crippen molar-refractivity contribution in [3.63, 3.8) is 0 Å². The maximum Gasteiger partial charge on any atom is 0.286 e. The Morgan fingerprint density at radius 3 is 2.52 bits per heavy atom. The van der Waals surface area contributed by atoms with Gasteiger partial charge < -0.3 is 9.73 Å². The molecule has 1 aromatic carbocycles. The molecule has 2 heterocycles. The zero-order chi connectivity index (χ0) is 15.9. The number of hydrogen-bond acceptors (Lipinski definition) is 3. The standard InChI is InChI=1S/C19H18N2O2/c22-19(18-7-4-12-23-18)21-14-17(16-5-2-1-3-6-16)13-15-8-10-20-11-9-15/h1-12,17H,13-14H2,(H,21,22). The van der Waals surface area contributed by atoms with Crippen LogP contribution in [0.15, 0.2) is 77.7 Å². The van der Waals surface area contributed by atoms with Gasteiger partial charge in [0.25, 0.3) is 5.91 Å². The van der Waals surface area contributed by atoms with Gasteiger partial charge in [-0.2, -0.15) is 0 Å². The van der Waals surface area contributed by atoms with E-state index >= 15 is 0 Å². The number of nitrogens with zero attached hydrogens (tertiary/aromatic N) is 1. The van der Waals surface area contributed by atoms with Crippen LogP contribution in [0.2, 0.25) is 0 Å². The summed E-state index contributed by atoms with van der Waals surface area (Å²) in [6.07, 6.45) is 5.92. The summed E-state index contributed by atoms with van der Waals surface area (Å²) in [5, 5.41) is 2.96. The lowest BCUT2D eigenvalue weighted by atomic mass is 9.92. The second-order valence-electron chi connectivity index (χ2n) is 5.35. The van der Waals surface area contributed by atoms with Gasteiger partial charge >= 0.3 is 0 Å². The van der Waals surface area contributed by atoms with Gasteiger partial charge in [-0.3, -0.25) is 9.78 Å². The van der Waals surface area contributed by atoms with E-state index in [1.807, 2.05) is 30.3 Å². The predicted octanol–water partition coefficient (Wildman–Crippen LogP) is 3.43. The van der Waals surface area contributed by atoms with E-state index in [0.717, 1.165) is 6.42 Å². The SMILES string of the molecule is O=C(NCC(Cc1ccncc1)c1ccccc1)c1ccco1. The summed E-state index contributed by atoms with van der Waals surface area (Å²) in [5.74, 6) is 0.337. The Hall–Kier alpha value is -2.88. The molecular formula is C19H18N2O2. The van der Waals surface area contributed by atoms with Gasteiger partial charge in [0.1, 0.15) is 0 Å². The Balaban J connectivity index is 1.71. The second kappa shape index (κ2) is 7.40. The minimum absolute atomic E-state index is 0.189. The molecule has 0 aliphatic rings. The topological polar surface area (TPSA) is 55.1 Å². The largest absolute Gasteiger partial charge is 0.459 e. The van der Waals surface area contributed by atoms with Gasteiger partial charge in [-0.1, -0.05) is 30.3 Å². The molecule has 1 amide bonds. The summed E-state index contributed by atoms with van der Waals surface area (Å²) in [5.41, 5.74) is 2.39. The highest BCUT2D eigenvalue weighted by Crippen LogP contribution is 2.20. The molecule has 0 bridgehead atoms. The molecule has 1 N–H and O–H groups in total. The third-order valence-corrected chi connectivity index (χ3v) is 3.76. The van der Waals surface area contributed by atoms with Crippen LogP contribution in [0, 0.1) is 0 Å². The summed E-state index contributed by atoms with van der Waals surface area (Å²) in [7, 11) is 0. The fraction of sp³-hybridized carbons (Fsp3) is 0.158. The number of amides is 1. The van der Waals surface area contributed by atoms with Crippen LogP contribution >= 0.6 is 0 Å². The van der Waals surface area contributed by atoms with Gasteiger partial charge in [-0.25, -0.2) is 0 Å². The molecule has 3 aromatic rings. The Kier molecular flexibility index (Phi) is 4.84. The molecule has 1 unspecified atom stereocenters. The predicted molar refractivity (Wildman–Crippen MR) is 88.2 cm³/mol. The van der Waals surface area contributed by atoms with Crippen molar-refractivity contribution in [1.82, 2.24) is 10.3 Å². The molecule has 1 atom stereocenters. The lowest BCUT2D eigenvalue weighted by Gasteiger charge is -2.18. The van der Waals surface area contributed by atoms with Gasteiger partial charge in [0.05, 0.1) is 6.26 Å². The monoisotopic (exact) mass is 306 g/mol. The minimum atomic E-state index is -0.189. The lowest BCUT2D eigenvalue weighted by Crippen LogP contribution is -2.29. The van der Waals surface area contributed by atoms with E-state index in [0.29, 0.717) is 12.3 Å². The van der Waals surface area contributed by atoms with E-state index in [2.05, 4.69) is 22.4 Å². The normalized spacial score (nSPS) is 11.8. The number of benzene rings is 1. The van der Waals surface area contributed by atoms with Crippen molar-refractivity contribution in [2.75, 3.05) is 6.54 Å². The van der Waals surface area contributed by atoms with E-state index < -0.39 is 0 Å². The van der Waals surface area contributed by atoms with E-state index in [1.54, 1.807) is 24.5 Å². The maximum atomic E-state index is 12.1. The number of hydrogen-bond donors (Lipinski definition) is 1. The van der Waals surface area contributed by atoms with Crippen LogP contribution in [0.1, 0.15) is 27.6 Å². The molecule has 0 aliphatic carbocycles. The molecule has 0 saturated carbocycles. The van der Waals surface area contributed by atoms with Crippen LogP contribution in [0.5, 0.6) is 0 Å². The molecular weight excluding hydrogens is 288 g/mol. The van der Waals surface area contributed by atoms with Gasteiger partial charge in [0, 0.05) is 24.9 Å². The third-order valence-electron chi connectivity index (χ3n) is 3.76. The van der Waals surface area contributed by atoms with Crippen molar-refractivity contribution in [2.45, 2.75) is 12.3 Å². The molecule has 0 radical (unpaired) electrons. The van der Waals surface area contributed by atoms with Crippen molar-refractivity contribution in [1.29, 1.82) is 0 Å². The highest BCUT2D eigenvalue weighted by molar-refractivity contribution is 5.91. The molecule has 0 spiro atoms. The molecule has 4 heteroatoms. The first-order chi connectivity index (χ1) is 11.3. The highest BCUT2D eigenvalue weighted by Gasteiger charge is 2.15. The first-order valence-corrected chi connectivity index (χ1v) is 7.58. The average molecular weight is 306 g/mol. The number of nitrogens with one attached hydrogen (secondary N) is 1. The molecule has 0 aliphatic heterocycles. The molecule has 116 valence electrons. The molecule has 4 nitrogen and oxygen atoms in total. The Morgan fingerprint density at radius 1 is 1.04 bits per heavy atom. The van der Waals surface area contributed by atoms with E-state index in [-0.39, 0.29) is 11.8 Å². The fourth-order valence-corrected chi connectivity index (χ4v) is 2.55. The first-order valence-electron chi connectivity index (χ1n) is 7.58. The Bertz CT molecular complexity index is 725. The summed E-state index contributed by atoms with van der Waals surface area (Å²) in [6.45, 7) is 0.547. The Labute approximate surface area is 135 Å². The molecule has 23 heavy (non-hydrogen) atoms. The van der Waals surface area contributed by atoms with E-state index in [1.165, 1.54) is 17.4 Å². The average Bonchev–Trinajstić information content (AvgIpc) is 3.15. The summed E-state index contributed by atoms with van der Waals surface area (Å²) in [4.78, 5) is 16.1. The fourth-order valence-electron chi connectivity index (χ4n) is 2.55. The lowest BCUT2D eigenvalue weighted by molar-refractivity contribution is 0.0923. The van der Waals surface area contributed by atoms with Gasteiger partial charge in [0.2, 0.25) is 0 Å². The van der Waals surface area contributed by atoms with E-state index in [9.17, 15) is 4.79 Å². The van der Waals surface area contributed by atoms with Gasteiger partial charge in [-0.15, -0.1) is 0 Å². The molecule has 3 rings (SSSR count). The quantitative estimate of drug-likeness (QED) is 0.759. The first kappa shape index (κ1) is 15.0. The molecule has 0 fully saturated rings. The second-order valence-corrected chi connectivity index (χ2v) is 5.35. The van der Waals surface area contributed by atoms with Crippen molar-refractivity contribution in [3.8, 4) is 0 Å². The summed E-state index contributed by atoms with van der Waals surface area (Å²) < 4.78 is 5.13. The maximum absolute atomic E-state index is 12.1. The van der Waals surface area contributed by atoms with Crippen molar-refractivity contribution < 1.29 is 9.21 Å². The van der Waals surface area contributed by atoms with E-state index in [4.69, 9.17) is 4.42 Å². The zero-order valence-electron chi connectivity index (χ0n) is 12.7. The molecule has 0 saturated heterocycles. The zero-order valence-corrected chi connectivity index (χ0v) is 12.7. The van der Waals surface area contributed by atoms with Crippen LogP contribution in [0.3, 0.4) is 0 Å². The number of furan rings is 1. The van der Waals surface area contributed by atoms with Crippen molar-refractivity contribution >= 4 is 5.91 Å². The van der Waals surface area contributed by atoms with Crippen LogP contribution in [0.4, 0.5) is 0 Å². The molecule has 2 aromatic heterocycles. The number of carbonyl (C=O) groups excluding carboxylic acids is 1. The van der Waals surface area contributed by atoms with Gasteiger partial charge in [0.15, 0.2) is 5.76 Å². The Morgan fingerprint density at radius 2 is 1.83 bits per heavy atom. The smallest absolute Gasteiger partial charge is 0.286 e. The number of carbonyl (C=O) groups is 1. The number of aromatic nitrogens is 1. The minimum Gasteiger partial charge on any atom is -0.459 e. The summed E-state index contributed by atoms with van der Waals surface area (Å²) in [6, 6.07) is 17.6. The van der Waals surface area contributed by atoms with Crippen LogP contribution in [-0.2, 0) is 6.42 Å². The highest BCUT2D eigenvalue weighted by atomic mass is 16.3.